The molecule has 3 rings (SSSR count). The van der Waals surface area contributed by atoms with Crippen LogP contribution in [0.3, 0.4) is 0 Å². The number of anilines is 1. The van der Waals surface area contributed by atoms with Crippen molar-refractivity contribution >= 4 is 47.0 Å². The number of alkyl halides is 3. The van der Waals surface area contributed by atoms with E-state index in [9.17, 15) is 13.2 Å². The van der Waals surface area contributed by atoms with Crippen LogP contribution in [0.5, 0.6) is 5.75 Å². The van der Waals surface area contributed by atoms with Gasteiger partial charge in [0.05, 0.1) is 10.7 Å². The van der Waals surface area contributed by atoms with Gasteiger partial charge in [-0.05, 0) is 68.7 Å². The Kier molecular flexibility index (Phi) is 10.5. The molecule has 10 heteroatoms. The zero-order valence-electron chi connectivity index (χ0n) is 20.9. The standard InChI is InChI=1S/C16H13F3N4O.C11H15NS/c17-16(18,19)24-14-7-5-13(6-8-14)22-10-23-15(21)12-3-1-11(9-20)2-4-12;1-7-5-8(2)11(9(3)6-7)12-10(4)13/h1-10,20H,(H2,21,22,23);5-6H,1-4H3,(H,12,13). The van der Waals surface area contributed by atoms with E-state index >= 15 is 0 Å². The van der Waals surface area contributed by atoms with Crippen LogP contribution in [0.2, 0.25) is 0 Å². The topological polar surface area (TPSA) is 95.9 Å². The summed E-state index contributed by atoms with van der Waals surface area (Å²) in [6.45, 7) is 8.20. The van der Waals surface area contributed by atoms with Crippen LogP contribution in [0.1, 0.15) is 34.7 Å². The van der Waals surface area contributed by atoms with Crippen molar-refractivity contribution in [1.29, 1.82) is 5.41 Å². The molecule has 0 spiro atoms. The van der Waals surface area contributed by atoms with Crippen molar-refractivity contribution in [2.75, 3.05) is 5.32 Å². The van der Waals surface area contributed by atoms with Gasteiger partial charge in [-0.2, -0.15) is 0 Å². The summed E-state index contributed by atoms with van der Waals surface area (Å²) in [5, 5.41) is 10.3. The molecule has 0 atom stereocenters. The third kappa shape index (κ3) is 10.2. The Morgan fingerprint density at radius 3 is 2.05 bits per heavy atom. The first-order chi connectivity index (χ1) is 17.4. The molecule has 0 amide bonds. The van der Waals surface area contributed by atoms with Crippen molar-refractivity contribution in [3.05, 3.63) is 88.5 Å². The van der Waals surface area contributed by atoms with Gasteiger partial charge in [0.25, 0.3) is 0 Å². The summed E-state index contributed by atoms with van der Waals surface area (Å²) in [5.74, 6) is -0.0944. The van der Waals surface area contributed by atoms with Crippen molar-refractivity contribution in [3.63, 3.8) is 0 Å². The van der Waals surface area contributed by atoms with E-state index in [2.05, 4.69) is 52.9 Å². The van der Waals surface area contributed by atoms with Gasteiger partial charge in [0, 0.05) is 17.5 Å². The van der Waals surface area contributed by atoms with E-state index in [0.29, 0.717) is 11.3 Å². The maximum absolute atomic E-state index is 12.0. The van der Waals surface area contributed by atoms with Crippen LogP contribution in [-0.2, 0) is 0 Å². The molecule has 0 saturated heterocycles. The fraction of sp³-hybridized carbons (Fsp3) is 0.185. The van der Waals surface area contributed by atoms with Gasteiger partial charge in [-0.15, -0.1) is 13.2 Å². The normalized spacial score (nSPS) is 11.5. The van der Waals surface area contributed by atoms with Gasteiger partial charge in [-0.3, -0.25) is 0 Å². The molecule has 0 unspecified atom stereocenters. The largest absolute Gasteiger partial charge is 0.573 e. The molecule has 0 saturated carbocycles. The number of benzene rings is 3. The predicted molar refractivity (Wildman–Crippen MR) is 149 cm³/mol. The first-order valence-electron chi connectivity index (χ1n) is 11.1. The quantitative estimate of drug-likeness (QED) is 0.182. The van der Waals surface area contributed by atoms with Gasteiger partial charge in [0.1, 0.15) is 17.9 Å². The molecule has 0 bridgehead atoms. The molecule has 0 radical (unpaired) electrons. The molecular formula is C27H28F3N5OS. The summed E-state index contributed by atoms with van der Waals surface area (Å²) < 4.78 is 39.9. The number of halogens is 3. The predicted octanol–water partition coefficient (Wildman–Crippen LogP) is 7.02. The third-order valence-corrected chi connectivity index (χ3v) is 4.93. The van der Waals surface area contributed by atoms with E-state index < -0.39 is 6.36 Å². The Hall–Kier alpha value is -4.05. The number of rotatable bonds is 6. The minimum atomic E-state index is -4.73. The summed E-state index contributed by atoms with van der Waals surface area (Å²) in [6.07, 6.45) is -2.30. The van der Waals surface area contributed by atoms with Gasteiger partial charge in [0.15, 0.2) is 0 Å². The number of nitrogens with one attached hydrogen (secondary N) is 2. The average molecular weight is 528 g/mol. The zero-order chi connectivity index (χ0) is 27.6. The van der Waals surface area contributed by atoms with Crippen molar-refractivity contribution in [3.8, 4) is 5.75 Å². The smallest absolute Gasteiger partial charge is 0.406 e. The van der Waals surface area contributed by atoms with E-state index in [1.165, 1.54) is 41.4 Å². The number of hydrogen-bond donors (Lipinski definition) is 3. The maximum Gasteiger partial charge on any atom is 0.573 e. The minimum absolute atomic E-state index is 0.229. The summed E-state index contributed by atoms with van der Waals surface area (Å²) in [4.78, 5) is 8.75. The number of aliphatic imine (C=N–C) groups is 2. The minimum Gasteiger partial charge on any atom is -0.406 e. The SMILES string of the molecule is CC(=S)Nc1c(C)cc(C)cc1C.N=Cc1ccc(C(N)=NC=Nc2ccc(OC(F)(F)F)cc2)cc1. The highest BCUT2D eigenvalue weighted by atomic mass is 32.1. The highest BCUT2D eigenvalue weighted by Gasteiger charge is 2.30. The van der Waals surface area contributed by atoms with E-state index in [4.69, 9.17) is 23.4 Å². The third-order valence-electron chi connectivity index (χ3n) is 4.83. The molecule has 37 heavy (non-hydrogen) atoms. The van der Waals surface area contributed by atoms with Crippen LogP contribution < -0.4 is 15.8 Å². The fourth-order valence-electron chi connectivity index (χ4n) is 3.27. The summed E-state index contributed by atoms with van der Waals surface area (Å²) in [5.41, 5.74) is 12.6. The lowest BCUT2D eigenvalue weighted by atomic mass is 10.1. The number of thiocarbonyl (C=S) groups is 1. The zero-order valence-corrected chi connectivity index (χ0v) is 21.7. The van der Waals surface area contributed by atoms with Gasteiger partial charge >= 0.3 is 6.36 Å². The first kappa shape index (κ1) is 29.2. The van der Waals surface area contributed by atoms with Gasteiger partial charge in [-0.25, -0.2) is 9.98 Å². The molecule has 0 aromatic heterocycles. The molecule has 194 valence electrons. The summed E-state index contributed by atoms with van der Waals surface area (Å²) >= 11 is 5.02. The number of ether oxygens (including phenoxy) is 1. The number of aryl methyl sites for hydroxylation is 3. The van der Waals surface area contributed by atoms with Crippen LogP contribution in [0.25, 0.3) is 0 Å². The van der Waals surface area contributed by atoms with Crippen molar-refractivity contribution in [2.45, 2.75) is 34.1 Å². The molecule has 0 fully saturated rings. The average Bonchev–Trinajstić information content (AvgIpc) is 2.82. The molecule has 4 N–H and O–H groups in total. The molecule has 3 aromatic rings. The Morgan fingerprint density at radius 2 is 1.57 bits per heavy atom. The van der Waals surface area contributed by atoms with Crippen LogP contribution in [0.4, 0.5) is 24.5 Å². The Balaban J connectivity index is 0.000000312. The van der Waals surface area contributed by atoms with Crippen LogP contribution in [0, 0.1) is 26.2 Å². The molecule has 0 aliphatic carbocycles. The van der Waals surface area contributed by atoms with Gasteiger partial charge in [-0.1, -0.05) is 54.2 Å². The molecule has 0 heterocycles. The van der Waals surface area contributed by atoms with Crippen LogP contribution in [0.15, 0.2) is 70.6 Å². The van der Waals surface area contributed by atoms with Crippen molar-refractivity contribution in [2.24, 2.45) is 15.7 Å². The lowest BCUT2D eigenvalue weighted by Gasteiger charge is -2.12. The number of hydrogen-bond acceptors (Lipinski definition) is 4. The number of nitrogens with two attached hydrogens (primary N) is 1. The van der Waals surface area contributed by atoms with Gasteiger partial charge < -0.3 is 21.2 Å². The highest BCUT2D eigenvalue weighted by molar-refractivity contribution is 7.80. The molecule has 6 nitrogen and oxygen atoms in total. The highest BCUT2D eigenvalue weighted by Crippen LogP contribution is 2.25. The van der Waals surface area contributed by atoms with Crippen molar-refractivity contribution < 1.29 is 17.9 Å². The maximum atomic E-state index is 12.0. The number of nitrogens with zero attached hydrogens (tertiary/aromatic N) is 2. The van der Waals surface area contributed by atoms with Crippen LogP contribution >= 0.6 is 12.2 Å². The monoisotopic (exact) mass is 527 g/mol. The Labute approximate surface area is 219 Å². The lowest BCUT2D eigenvalue weighted by Crippen LogP contribution is -2.16. The van der Waals surface area contributed by atoms with Gasteiger partial charge in [0.2, 0.25) is 0 Å². The van der Waals surface area contributed by atoms with Crippen LogP contribution in [-0.4, -0.2) is 29.7 Å². The second-order valence-electron chi connectivity index (χ2n) is 8.02. The summed E-state index contributed by atoms with van der Waals surface area (Å²) in [6, 6.07) is 16.2. The Bertz CT molecular complexity index is 1260. The van der Waals surface area contributed by atoms with E-state index in [0.717, 1.165) is 28.4 Å². The fourth-order valence-corrected chi connectivity index (χ4v) is 3.37. The van der Waals surface area contributed by atoms with E-state index in [-0.39, 0.29) is 11.6 Å². The molecule has 0 aliphatic rings. The lowest BCUT2D eigenvalue weighted by molar-refractivity contribution is -0.274. The van der Waals surface area contributed by atoms with E-state index in [1.54, 1.807) is 24.3 Å². The Morgan fingerprint density at radius 1 is 1.00 bits per heavy atom. The first-order valence-corrected chi connectivity index (χ1v) is 11.5. The number of amidine groups is 1. The second-order valence-corrected chi connectivity index (χ2v) is 8.63. The molecular weight excluding hydrogens is 499 g/mol. The second kappa shape index (κ2) is 13.3. The summed E-state index contributed by atoms with van der Waals surface area (Å²) in [7, 11) is 0. The van der Waals surface area contributed by atoms with E-state index in [1.807, 2.05) is 6.92 Å². The van der Waals surface area contributed by atoms with Crippen molar-refractivity contribution in [1.82, 2.24) is 0 Å². The molecule has 3 aromatic carbocycles. The molecule has 0 aliphatic heterocycles.